The highest BCUT2D eigenvalue weighted by Crippen LogP contribution is 2.32. The van der Waals surface area contributed by atoms with Crippen LogP contribution in [0.5, 0.6) is 0 Å². The summed E-state index contributed by atoms with van der Waals surface area (Å²) in [6.45, 7) is 8.03. The number of hydrogen-bond donors (Lipinski definition) is 1. The molecule has 0 radical (unpaired) electrons. The zero-order valence-electron chi connectivity index (χ0n) is 16.9. The van der Waals surface area contributed by atoms with Crippen molar-refractivity contribution in [1.29, 1.82) is 0 Å². The van der Waals surface area contributed by atoms with Gasteiger partial charge in [-0.05, 0) is 54.7 Å². The Morgan fingerprint density at radius 2 is 1.69 bits per heavy atom. The van der Waals surface area contributed by atoms with Crippen LogP contribution in [0, 0.1) is 29.9 Å². The number of carbonyl (C=O) groups excluding carboxylic acids is 2. The minimum atomic E-state index is -0.500. The van der Waals surface area contributed by atoms with E-state index in [-0.39, 0.29) is 22.9 Å². The molecule has 0 unspecified atom stereocenters. The molecule has 0 aromatic heterocycles. The second-order valence-electron chi connectivity index (χ2n) is 7.61. The molecule has 2 amide bonds. The zero-order chi connectivity index (χ0) is 21.3. The highest BCUT2D eigenvalue weighted by Gasteiger charge is 2.39. The van der Waals surface area contributed by atoms with Crippen LogP contribution >= 0.6 is 0 Å². The summed E-state index contributed by atoms with van der Waals surface area (Å²) in [5, 5.41) is 14.1. The molecule has 0 spiro atoms. The quantitative estimate of drug-likeness (QED) is 0.454. The van der Waals surface area contributed by atoms with Gasteiger partial charge in [-0.1, -0.05) is 26.0 Å². The second kappa shape index (κ2) is 7.87. The van der Waals surface area contributed by atoms with Gasteiger partial charge in [-0.15, -0.1) is 0 Å². The van der Waals surface area contributed by atoms with Crippen LogP contribution in [0.2, 0.25) is 0 Å². The molecule has 0 bridgehead atoms. The van der Waals surface area contributed by atoms with Crippen molar-refractivity contribution in [2.45, 2.75) is 27.7 Å². The number of non-ortho nitro benzene ring substituents is 1. The smallest absolute Gasteiger partial charge is 0.278 e. The van der Waals surface area contributed by atoms with Crippen molar-refractivity contribution in [3.05, 3.63) is 75.0 Å². The van der Waals surface area contributed by atoms with Gasteiger partial charge in [-0.2, -0.15) is 0 Å². The Kier molecular flexibility index (Phi) is 5.50. The van der Waals surface area contributed by atoms with Gasteiger partial charge in [-0.3, -0.25) is 24.6 Å². The van der Waals surface area contributed by atoms with E-state index in [1.165, 1.54) is 29.2 Å². The third-order valence-corrected chi connectivity index (χ3v) is 4.74. The fourth-order valence-corrected chi connectivity index (χ4v) is 3.25. The lowest BCUT2D eigenvalue weighted by atomic mass is 10.0. The van der Waals surface area contributed by atoms with E-state index in [2.05, 4.69) is 5.32 Å². The zero-order valence-corrected chi connectivity index (χ0v) is 16.9. The number of nitrogens with one attached hydrogen (secondary N) is 1. The summed E-state index contributed by atoms with van der Waals surface area (Å²) < 4.78 is 0. The monoisotopic (exact) mass is 393 g/mol. The summed E-state index contributed by atoms with van der Waals surface area (Å²) in [6, 6.07) is 11.5. The van der Waals surface area contributed by atoms with E-state index < -0.39 is 16.7 Å². The molecule has 0 fully saturated rings. The number of nitro groups is 1. The van der Waals surface area contributed by atoms with Crippen LogP contribution in [0.25, 0.3) is 5.57 Å². The predicted octanol–water partition coefficient (Wildman–Crippen LogP) is 4.06. The maximum Gasteiger partial charge on any atom is 0.278 e. The first-order valence-electron chi connectivity index (χ1n) is 9.38. The van der Waals surface area contributed by atoms with Gasteiger partial charge in [0.15, 0.2) is 0 Å². The summed E-state index contributed by atoms with van der Waals surface area (Å²) in [7, 11) is 0. The molecule has 7 nitrogen and oxygen atoms in total. The normalized spacial score (nSPS) is 14.2. The van der Waals surface area contributed by atoms with Crippen LogP contribution in [-0.4, -0.2) is 28.2 Å². The number of carbonyl (C=O) groups is 2. The van der Waals surface area contributed by atoms with E-state index in [4.69, 9.17) is 0 Å². The number of rotatable bonds is 6. The van der Waals surface area contributed by atoms with E-state index in [9.17, 15) is 19.7 Å². The molecule has 1 N–H and O–H groups in total. The largest absolute Gasteiger partial charge is 0.350 e. The van der Waals surface area contributed by atoms with Crippen LogP contribution in [0.3, 0.4) is 0 Å². The molecular formula is C22H23N3O4. The minimum absolute atomic E-state index is 0.0748. The molecule has 29 heavy (non-hydrogen) atoms. The molecule has 2 aromatic rings. The fourth-order valence-electron chi connectivity index (χ4n) is 3.25. The molecule has 3 rings (SSSR count). The first-order chi connectivity index (χ1) is 13.7. The van der Waals surface area contributed by atoms with E-state index in [0.717, 1.165) is 16.8 Å². The van der Waals surface area contributed by atoms with Gasteiger partial charge in [0.1, 0.15) is 5.70 Å². The van der Waals surface area contributed by atoms with Gasteiger partial charge in [0.25, 0.3) is 17.5 Å². The molecule has 7 heteroatoms. The summed E-state index contributed by atoms with van der Waals surface area (Å²) in [5.74, 6) is -0.676. The lowest BCUT2D eigenvalue weighted by Gasteiger charge is -2.17. The summed E-state index contributed by atoms with van der Waals surface area (Å²) in [6.07, 6.45) is 0. The third-order valence-electron chi connectivity index (χ3n) is 4.74. The summed E-state index contributed by atoms with van der Waals surface area (Å²) in [5.41, 5.74) is 3.51. The van der Waals surface area contributed by atoms with Crippen molar-refractivity contribution in [3.8, 4) is 0 Å². The second-order valence-corrected chi connectivity index (χ2v) is 7.61. The van der Waals surface area contributed by atoms with Crippen LogP contribution in [0.15, 0.2) is 48.2 Å². The number of aryl methyl sites for hydroxylation is 2. The molecule has 1 aliphatic heterocycles. The topological polar surface area (TPSA) is 92.6 Å². The molecule has 2 aromatic carbocycles. The van der Waals surface area contributed by atoms with Crippen LogP contribution in [0.4, 0.5) is 11.4 Å². The number of imide groups is 1. The number of hydrogen-bond acceptors (Lipinski definition) is 5. The van der Waals surface area contributed by atoms with Crippen molar-refractivity contribution in [1.82, 2.24) is 4.90 Å². The number of amides is 2. The Balaban J connectivity index is 2.10. The van der Waals surface area contributed by atoms with E-state index in [1.807, 2.05) is 45.9 Å². The van der Waals surface area contributed by atoms with E-state index in [0.29, 0.717) is 12.1 Å². The van der Waals surface area contributed by atoms with E-state index in [1.54, 1.807) is 0 Å². The number of benzene rings is 2. The molecule has 0 atom stereocenters. The van der Waals surface area contributed by atoms with Crippen molar-refractivity contribution >= 4 is 28.8 Å². The standard InChI is InChI=1S/C22H23N3O4/c1-13(2)12-24-21(26)19(16-7-9-17(10-8-16)25(28)29)20(22(24)27)23-18-11-14(3)5-6-15(18)4/h5-11,13,23H,12H2,1-4H3. The Hall–Kier alpha value is -3.48. The Labute approximate surface area is 169 Å². The highest BCUT2D eigenvalue weighted by molar-refractivity contribution is 6.36. The number of anilines is 1. The summed E-state index contributed by atoms with van der Waals surface area (Å²) in [4.78, 5) is 37.9. The molecular weight excluding hydrogens is 370 g/mol. The Bertz CT molecular complexity index is 1020. The van der Waals surface area contributed by atoms with Crippen molar-refractivity contribution in [2.24, 2.45) is 5.92 Å². The average molecular weight is 393 g/mol. The van der Waals surface area contributed by atoms with Crippen molar-refractivity contribution in [2.75, 3.05) is 11.9 Å². The lowest BCUT2D eigenvalue weighted by molar-refractivity contribution is -0.384. The highest BCUT2D eigenvalue weighted by atomic mass is 16.6. The fraction of sp³-hybridized carbons (Fsp3) is 0.273. The molecule has 1 heterocycles. The molecule has 0 aliphatic carbocycles. The van der Waals surface area contributed by atoms with Crippen LogP contribution in [-0.2, 0) is 9.59 Å². The van der Waals surface area contributed by atoms with Gasteiger partial charge >= 0.3 is 0 Å². The van der Waals surface area contributed by atoms with Gasteiger partial charge in [-0.25, -0.2) is 0 Å². The van der Waals surface area contributed by atoms with Crippen molar-refractivity contribution < 1.29 is 14.5 Å². The first-order valence-corrected chi connectivity index (χ1v) is 9.38. The van der Waals surface area contributed by atoms with Gasteiger partial charge in [0, 0.05) is 24.4 Å². The molecule has 0 saturated heterocycles. The average Bonchev–Trinajstić information content (AvgIpc) is 2.89. The Morgan fingerprint density at radius 3 is 2.28 bits per heavy atom. The number of nitro benzene ring substituents is 1. The third kappa shape index (κ3) is 4.03. The SMILES string of the molecule is Cc1ccc(C)c(NC2=C(c3ccc([N+](=O)[O-])cc3)C(=O)N(CC(C)C)C2=O)c1. The molecule has 150 valence electrons. The number of nitrogens with zero attached hydrogens (tertiary/aromatic N) is 2. The predicted molar refractivity (Wildman–Crippen MR) is 111 cm³/mol. The Morgan fingerprint density at radius 1 is 1.03 bits per heavy atom. The molecule has 0 saturated carbocycles. The van der Waals surface area contributed by atoms with Gasteiger partial charge < -0.3 is 5.32 Å². The minimum Gasteiger partial charge on any atom is -0.350 e. The maximum atomic E-state index is 13.1. The molecule has 1 aliphatic rings. The van der Waals surface area contributed by atoms with Crippen molar-refractivity contribution in [3.63, 3.8) is 0 Å². The first kappa shape index (κ1) is 20.3. The van der Waals surface area contributed by atoms with Crippen LogP contribution in [0.1, 0.15) is 30.5 Å². The van der Waals surface area contributed by atoms with Gasteiger partial charge in [0.2, 0.25) is 0 Å². The lowest BCUT2D eigenvalue weighted by Crippen LogP contribution is -2.35. The van der Waals surface area contributed by atoms with Crippen LogP contribution < -0.4 is 5.32 Å². The summed E-state index contributed by atoms with van der Waals surface area (Å²) >= 11 is 0. The van der Waals surface area contributed by atoms with E-state index >= 15 is 0 Å². The maximum absolute atomic E-state index is 13.1. The van der Waals surface area contributed by atoms with Gasteiger partial charge in [0.05, 0.1) is 10.5 Å².